The molecule has 0 heterocycles. The molecule has 3 N–H and O–H groups in total. The van der Waals surface area contributed by atoms with Gasteiger partial charge in [0.05, 0.1) is 11.3 Å². The van der Waals surface area contributed by atoms with E-state index in [1.54, 1.807) is 36.4 Å². The topological polar surface area (TPSA) is 70.2 Å². The highest BCUT2D eigenvalue weighted by atomic mass is 79.9. The van der Waals surface area contributed by atoms with Gasteiger partial charge in [0.15, 0.2) is 0 Å². The normalized spacial score (nSPS) is 10.2. The van der Waals surface area contributed by atoms with E-state index >= 15 is 0 Å². The van der Waals surface area contributed by atoms with E-state index in [0.29, 0.717) is 28.5 Å². The van der Waals surface area contributed by atoms with Crippen LogP contribution in [0.3, 0.4) is 0 Å². The van der Waals surface area contributed by atoms with Gasteiger partial charge in [0.1, 0.15) is 0 Å². The summed E-state index contributed by atoms with van der Waals surface area (Å²) < 4.78 is 1.49. The highest BCUT2D eigenvalue weighted by Crippen LogP contribution is 2.24. The minimum Gasteiger partial charge on any atom is -0.352 e. The van der Waals surface area contributed by atoms with Gasteiger partial charge in [-0.2, -0.15) is 0 Å². The molecular formula is C16H14Br2ClN3O2. The molecule has 8 heteroatoms. The Hall–Kier alpha value is -1.57. The van der Waals surface area contributed by atoms with Gasteiger partial charge in [0, 0.05) is 26.2 Å². The van der Waals surface area contributed by atoms with Crippen molar-refractivity contribution in [2.45, 2.75) is 6.92 Å². The van der Waals surface area contributed by atoms with Crippen LogP contribution in [0.4, 0.5) is 16.2 Å². The van der Waals surface area contributed by atoms with Crippen molar-refractivity contribution in [2.24, 2.45) is 0 Å². The molecule has 0 aromatic heterocycles. The Morgan fingerprint density at radius 2 is 1.79 bits per heavy atom. The summed E-state index contributed by atoms with van der Waals surface area (Å²) in [5.74, 6) is -0.259. The Morgan fingerprint density at radius 3 is 2.46 bits per heavy atom. The fourth-order valence-electron chi connectivity index (χ4n) is 1.98. The van der Waals surface area contributed by atoms with Crippen LogP contribution in [0.15, 0.2) is 45.3 Å². The molecule has 0 spiro atoms. The standard InChI is InChI=1S/C16H14Br2ClN3O2/c1-2-20-15(23)13-4-3-9(17)7-14(13)22-16(24)21-12-6-10(18)5-11(19)8-12/h3-8H,2H2,1H3,(H,20,23)(H2,21,22,24). The van der Waals surface area contributed by atoms with Gasteiger partial charge in [-0.1, -0.05) is 43.5 Å². The summed E-state index contributed by atoms with van der Waals surface area (Å²) in [5.41, 5.74) is 1.30. The first-order valence-electron chi connectivity index (χ1n) is 7.01. The monoisotopic (exact) mass is 473 g/mol. The Kier molecular flexibility index (Phi) is 6.65. The van der Waals surface area contributed by atoms with Gasteiger partial charge in [-0.25, -0.2) is 4.79 Å². The second kappa shape index (κ2) is 8.50. The molecule has 24 heavy (non-hydrogen) atoms. The molecule has 0 bridgehead atoms. The fraction of sp³-hybridized carbons (Fsp3) is 0.125. The minimum absolute atomic E-state index is 0.259. The van der Waals surface area contributed by atoms with Gasteiger partial charge >= 0.3 is 6.03 Å². The van der Waals surface area contributed by atoms with Crippen LogP contribution < -0.4 is 16.0 Å². The first-order valence-corrected chi connectivity index (χ1v) is 8.97. The molecule has 0 aliphatic carbocycles. The fourth-order valence-corrected chi connectivity index (χ4v) is 3.21. The number of carbonyl (C=O) groups is 2. The Morgan fingerprint density at radius 1 is 1.04 bits per heavy atom. The lowest BCUT2D eigenvalue weighted by Crippen LogP contribution is -2.26. The van der Waals surface area contributed by atoms with Crippen molar-refractivity contribution in [3.63, 3.8) is 0 Å². The highest BCUT2D eigenvalue weighted by molar-refractivity contribution is 9.10. The lowest BCUT2D eigenvalue weighted by Gasteiger charge is -2.13. The first-order chi connectivity index (χ1) is 11.4. The van der Waals surface area contributed by atoms with Gasteiger partial charge in [-0.05, 0) is 43.3 Å². The lowest BCUT2D eigenvalue weighted by atomic mass is 10.1. The highest BCUT2D eigenvalue weighted by Gasteiger charge is 2.14. The smallest absolute Gasteiger partial charge is 0.323 e. The number of carbonyl (C=O) groups excluding carboxylic acids is 2. The van der Waals surface area contributed by atoms with E-state index < -0.39 is 6.03 Å². The summed E-state index contributed by atoms with van der Waals surface area (Å²) in [6.45, 7) is 2.32. The molecule has 0 aliphatic rings. The maximum atomic E-state index is 12.2. The molecule has 0 radical (unpaired) electrons. The summed E-state index contributed by atoms with van der Waals surface area (Å²) in [6.07, 6.45) is 0. The molecule has 0 saturated heterocycles. The second-order valence-electron chi connectivity index (χ2n) is 4.79. The van der Waals surface area contributed by atoms with Crippen LogP contribution in [0.2, 0.25) is 5.02 Å². The van der Waals surface area contributed by atoms with Gasteiger partial charge in [-0.15, -0.1) is 0 Å². The molecule has 0 atom stereocenters. The average molecular weight is 476 g/mol. The minimum atomic E-state index is -0.479. The van der Waals surface area contributed by atoms with Crippen LogP contribution in [0, 0.1) is 0 Å². The largest absolute Gasteiger partial charge is 0.352 e. The van der Waals surface area contributed by atoms with Crippen LogP contribution in [-0.4, -0.2) is 18.5 Å². The quantitative estimate of drug-likeness (QED) is 0.565. The van der Waals surface area contributed by atoms with Crippen molar-refractivity contribution in [3.8, 4) is 0 Å². The van der Waals surface area contributed by atoms with Crippen LogP contribution in [0.25, 0.3) is 0 Å². The number of hydrogen-bond acceptors (Lipinski definition) is 2. The molecule has 2 aromatic rings. The van der Waals surface area contributed by atoms with Crippen molar-refractivity contribution >= 4 is 66.8 Å². The average Bonchev–Trinajstić information content (AvgIpc) is 2.46. The Bertz CT molecular complexity index is 764. The summed E-state index contributed by atoms with van der Waals surface area (Å²) in [4.78, 5) is 24.3. The van der Waals surface area contributed by atoms with Crippen molar-refractivity contribution in [1.29, 1.82) is 0 Å². The van der Waals surface area contributed by atoms with E-state index in [2.05, 4.69) is 47.8 Å². The van der Waals surface area contributed by atoms with Gasteiger partial charge in [0.2, 0.25) is 0 Å². The molecule has 5 nitrogen and oxygen atoms in total. The molecule has 0 aliphatic heterocycles. The third-order valence-electron chi connectivity index (χ3n) is 2.93. The van der Waals surface area contributed by atoms with Crippen molar-refractivity contribution in [2.75, 3.05) is 17.2 Å². The zero-order valence-corrected chi connectivity index (χ0v) is 16.5. The van der Waals surface area contributed by atoms with Gasteiger partial charge < -0.3 is 16.0 Å². The number of rotatable bonds is 4. The Labute approximate surface area is 161 Å². The number of hydrogen-bond donors (Lipinski definition) is 3. The third kappa shape index (κ3) is 5.22. The van der Waals surface area contributed by atoms with Crippen LogP contribution >= 0.6 is 43.5 Å². The van der Waals surface area contributed by atoms with E-state index in [9.17, 15) is 9.59 Å². The number of anilines is 2. The summed E-state index contributed by atoms with van der Waals surface area (Å²) in [7, 11) is 0. The summed E-state index contributed by atoms with van der Waals surface area (Å²) in [5, 5.41) is 8.56. The summed E-state index contributed by atoms with van der Waals surface area (Å²) in [6, 6.07) is 9.62. The lowest BCUT2D eigenvalue weighted by molar-refractivity contribution is 0.0956. The molecule has 126 valence electrons. The maximum absolute atomic E-state index is 12.2. The molecular weight excluding hydrogens is 461 g/mol. The molecule has 2 rings (SSSR count). The number of urea groups is 1. The molecule has 0 fully saturated rings. The Balaban J connectivity index is 2.18. The number of nitrogens with one attached hydrogen (secondary N) is 3. The summed E-state index contributed by atoms with van der Waals surface area (Å²) >= 11 is 12.6. The SMILES string of the molecule is CCNC(=O)c1ccc(Br)cc1NC(=O)Nc1cc(Cl)cc(Br)c1. The van der Waals surface area contributed by atoms with Crippen LogP contribution in [0.1, 0.15) is 17.3 Å². The second-order valence-corrected chi connectivity index (χ2v) is 7.05. The molecule has 2 aromatic carbocycles. The first kappa shape index (κ1) is 18.8. The van der Waals surface area contributed by atoms with Crippen molar-refractivity contribution in [3.05, 3.63) is 55.9 Å². The predicted octanol–water partition coefficient (Wildman–Crippen LogP) is 5.26. The van der Waals surface area contributed by atoms with E-state index in [0.717, 1.165) is 8.95 Å². The van der Waals surface area contributed by atoms with Gasteiger partial charge in [-0.3, -0.25) is 4.79 Å². The van der Waals surface area contributed by atoms with Crippen molar-refractivity contribution < 1.29 is 9.59 Å². The predicted molar refractivity (Wildman–Crippen MR) is 104 cm³/mol. The van der Waals surface area contributed by atoms with Crippen LogP contribution in [0.5, 0.6) is 0 Å². The van der Waals surface area contributed by atoms with Crippen molar-refractivity contribution in [1.82, 2.24) is 5.32 Å². The number of halogens is 3. The van der Waals surface area contributed by atoms with Crippen LogP contribution in [-0.2, 0) is 0 Å². The molecule has 3 amide bonds. The van der Waals surface area contributed by atoms with E-state index in [1.807, 2.05) is 6.92 Å². The zero-order chi connectivity index (χ0) is 17.7. The van der Waals surface area contributed by atoms with E-state index in [1.165, 1.54) is 0 Å². The number of amides is 3. The molecule has 0 saturated carbocycles. The molecule has 0 unspecified atom stereocenters. The maximum Gasteiger partial charge on any atom is 0.323 e. The zero-order valence-electron chi connectivity index (χ0n) is 12.6. The number of benzene rings is 2. The van der Waals surface area contributed by atoms with E-state index in [-0.39, 0.29) is 5.91 Å². The van der Waals surface area contributed by atoms with Gasteiger partial charge in [0.25, 0.3) is 5.91 Å². The third-order valence-corrected chi connectivity index (χ3v) is 4.10. The van der Waals surface area contributed by atoms with E-state index in [4.69, 9.17) is 11.6 Å².